The number of hydrogen-bond donors (Lipinski definition) is 11. The molecule has 0 fully saturated rings. The Balaban J connectivity index is 1.64. The van der Waals surface area contributed by atoms with E-state index in [9.17, 15) is 0 Å². The molecular formula is C19H32N12. The Morgan fingerprint density at radius 1 is 0.968 bits per heavy atom. The van der Waals surface area contributed by atoms with E-state index in [4.69, 9.17) is 21.6 Å². The van der Waals surface area contributed by atoms with Gasteiger partial charge in [-0.2, -0.15) is 0 Å². The first-order valence-corrected chi connectivity index (χ1v) is 9.90. The fraction of sp³-hybridized carbons (Fsp3) is 0.368. The predicted octanol–water partition coefficient (Wildman–Crippen LogP) is -0.123. The summed E-state index contributed by atoms with van der Waals surface area (Å²) in [4.78, 5) is 7.89. The molecule has 0 aromatic carbocycles. The van der Waals surface area contributed by atoms with E-state index in [1.165, 1.54) is 0 Å². The lowest BCUT2D eigenvalue weighted by Crippen LogP contribution is -2.46. The number of H-pyrrole nitrogens is 2. The fourth-order valence-electron chi connectivity index (χ4n) is 2.67. The van der Waals surface area contributed by atoms with Gasteiger partial charge >= 0.3 is 0 Å². The molecule has 12 heteroatoms. The van der Waals surface area contributed by atoms with Crippen LogP contribution in [0.15, 0.2) is 30.7 Å². The molecule has 0 amide bonds. The summed E-state index contributed by atoms with van der Waals surface area (Å²) in [5, 5.41) is 45.0. The van der Waals surface area contributed by atoms with E-state index in [0.29, 0.717) is 19.6 Å². The highest BCUT2D eigenvalue weighted by atomic mass is 15.3. The standard InChI is InChI=1S/C19H32N12/c1-24-16(20)30-19(23)31(2)8-5-14-9-15(27-11-14)12-28-18(22)29-17(21)26-7-4-13-3-6-25-10-13/h3,6,9-11,25,27H,4-5,7-8,12H2,1-2H3,(H4,20,23,24,30)(H5,21,22,26,28,29). The molecule has 2 heterocycles. The number of rotatable bonds is 8. The molecule has 0 unspecified atom stereocenters. The summed E-state index contributed by atoms with van der Waals surface area (Å²) in [5.74, 6) is 0.347. The van der Waals surface area contributed by atoms with Crippen molar-refractivity contribution in [3.05, 3.63) is 47.5 Å². The quantitative estimate of drug-likeness (QED) is 0.205. The molecule has 31 heavy (non-hydrogen) atoms. The molecule has 0 radical (unpaired) electrons. The molecule has 11 N–H and O–H groups in total. The van der Waals surface area contributed by atoms with E-state index in [1.807, 2.05) is 30.7 Å². The molecule has 168 valence electrons. The van der Waals surface area contributed by atoms with Crippen molar-refractivity contribution in [1.29, 1.82) is 21.6 Å². The highest BCUT2D eigenvalue weighted by Crippen LogP contribution is 2.05. The molecule has 12 nitrogen and oxygen atoms in total. The van der Waals surface area contributed by atoms with Crippen LogP contribution in [-0.4, -0.2) is 65.9 Å². The van der Waals surface area contributed by atoms with Gasteiger partial charge in [0, 0.05) is 51.5 Å². The fourth-order valence-corrected chi connectivity index (χ4v) is 2.67. The van der Waals surface area contributed by atoms with Gasteiger partial charge in [-0.25, -0.2) is 0 Å². The van der Waals surface area contributed by atoms with Crippen LogP contribution in [0.2, 0.25) is 0 Å². The highest BCUT2D eigenvalue weighted by molar-refractivity contribution is 5.96. The summed E-state index contributed by atoms with van der Waals surface area (Å²) in [7, 11) is 3.42. The van der Waals surface area contributed by atoms with Crippen LogP contribution in [0.3, 0.4) is 0 Å². The van der Waals surface area contributed by atoms with Gasteiger partial charge in [0.1, 0.15) is 0 Å². The summed E-state index contributed by atoms with van der Waals surface area (Å²) in [5.41, 5.74) is 3.16. The van der Waals surface area contributed by atoms with Gasteiger partial charge in [-0.3, -0.25) is 32.3 Å². The number of aromatic nitrogens is 2. The van der Waals surface area contributed by atoms with Gasteiger partial charge in [-0.05, 0) is 36.1 Å². The van der Waals surface area contributed by atoms with Gasteiger partial charge in [0.05, 0.1) is 6.54 Å². The third-order valence-corrected chi connectivity index (χ3v) is 4.50. The summed E-state index contributed by atoms with van der Waals surface area (Å²) in [6.07, 6.45) is 7.21. The first-order chi connectivity index (χ1) is 14.9. The largest absolute Gasteiger partial charge is 0.367 e. The van der Waals surface area contributed by atoms with E-state index in [0.717, 1.165) is 29.7 Å². The van der Waals surface area contributed by atoms with Crippen LogP contribution in [0, 0.1) is 21.6 Å². The molecule has 0 bridgehead atoms. The predicted molar refractivity (Wildman–Crippen MR) is 123 cm³/mol. The molecule has 2 aromatic rings. The Morgan fingerprint density at radius 3 is 2.45 bits per heavy atom. The number of likely N-dealkylation sites (N-methyl/N-ethyl adjacent to an activating group) is 1. The summed E-state index contributed by atoms with van der Waals surface area (Å²) in [6, 6.07) is 3.99. The first-order valence-electron chi connectivity index (χ1n) is 9.90. The van der Waals surface area contributed by atoms with Crippen LogP contribution in [-0.2, 0) is 19.4 Å². The van der Waals surface area contributed by atoms with E-state index in [2.05, 4.69) is 36.6 Å². The van der Waals surface area contributed by atoms with Gasteiger partial charge in [-0.1, -0.05) is 0 Å². The minimum absolute atomic E-state index is 0.0431. The molecule has 0 spiro atoms. The number of nitrogens with one attached hydrogen (secondary N) is 11. The number of nitrogens with zero attached hydrogens (tertiary/aromatic N) is 1. The molecule has 2 aromatic heterocycles. The highest BCUT2D eigenvalue weighted by Gasteiger charge is 2.08. The maximum atomic E-state index is 7.92. The lowest BCUT2D eigenvalue weighted by atomic mass is 10.2. The molecular weight excluding hydrogens is 396 g/mol. The smallest absolute Gasteiger partial charge is 0.197 e. The zero-order valence-corrected chi connectivity index (χ0v) is 17.9. The molecule has 2 rings (SSSR count). The van der Waals surface area contributed by atoms with E-state index in [1.54, 1.807) is 19.0 Å². The molecule has 0 aliphatic rings. The molecule has 0 aliphatic carbocycles. The molecule has 0 aliphatic heterocycles. The average molecular weight is 429 g/mol. The summed E-state index contributed by atoms with van der Waals surface area (Å²) >= 11 is 0. The summed E-state index contributed by atoms with van der Waals surface area (Å²) in [6.45, 7) is 1.65. The van der Waals surface area contributed by atoms with E-state index in [-0.39, 0.29) is 23.8 Å². The van der Waals surface area contributed by atoms with Gasteiger partial charge in [0.15, 0.2) is 23.8 Å². The van der Waals surface area contributed by atoms with Crippen molar-refractivity contribution in [3.63, 3.8) is 0 Å². The lowest BCUT2D eigenvalue weighted by molar-refractivity contribution is 0.492. The maximum absolute atomic E-state index is 7.92. The Bertz CT molecular complexity index is 866. The molecule has 0 saturated carbocycles. The van der Waals surface area contributed by atoms with Crippen molar-refractivity contribution in [3.8, 4) is 0 Å². The van der Waals surface area contributed by atoms with Gasteiger partial charge in [0.2, 0.25) is 0 Å². The SMILES string of the molecule is CNC(=N)NC(=N)N(C)CCc1c[nH]c(CNC(=N)NC(=N)NCCc2cc[nH]c2)c1. The number of hydrogen-bond acceptors (Lipinski definition) is 4. The first kappa shape index (κ1) is 23.3. The Hall–Kier alpha value is -3.96. The third kappa shape index (κ3) is 8.51. The van der Waals surface area contributed by atoms with Crippen LogP contribution in [0.1, 0.15) is 16.8 Å². The molecule has 0 saturated heterocycles. The normalized spacial score (nSPS) is 10.1. The zero-order chi connectivity index (χ0) is 22.6. The number of aromatic amines is 2. The average Bonchev–Trinajstić information content (AvgIpc) is 3.42. The third-order valence-electron chi connectivity index (χ3n) is 4.50. The van der Waals surface area contributed by atoms with Crippen molar-refractivity contribution in [2.24, 2.45) is 0 Å². The summed E-state index contributed by atoms with van der Waals surface area (Å²) < 4.78 is 0. The van der Waals surface area contributed by atoms with Gasteiger partial charge in [-0.15, -0.1) is 0 Å². The zero-order valence-electron chi connectivity index (χ0n) is 17.9. The van der Waals surface area contributed by atoms with Crippen LogP contribution >= 0.6 is 0 Å². The van der Waals surface area contributed by atoms with Crippen molar-refractivity contribution < 1.29 is 0 Å². The van der Waals surface area contributed by atoms with Crippen molar-refractivity contribution in [2.75, 3.05) is 27.2 Å². The number of guanidine groups is 4. The second-order valence-corrected chi connectivity index (χ2v) is 6.93. The Morgan fingerprint density at radius 2 is 1.74 bits per heavy atom. The maximum Gasteiger partial charge on any atom is 0.197 e. The topological polar surface area (TPSA) is 190 Å². The van der Waals surface area contributed by atoms with E-state index >= 15 is 0 Å². The second-order valence-electron chi connectivity index (χ2n) is 6.93. The van der Waals surface area contributed by atoms with Crippen molar-refractivity contribution >= 4 is 23.8 Å². The van der Waals surface area contributed by atoms with Crippen LogP contribution in [0.4, 0.5) is 0 Å². The van der Waals surface area contributed by atoms with Gasteiger partial charge in [0.25, 0.3) is 0 Å². The Kier molecular flexibility index (Phi) is 8.95. The van der Waals surface area contributed by atoms with Crippen molar-refractivity contribution in [1.82, 2.24) is 41.5 Å². The minimum Gasteiger partial charge on any atom is -0.367 e. The van der Waals surface area contributed by atoms with Crippen LogP contribution in [0.5, 0.6) is 0 Å². The molecule has 0 atom stereocenters. The monoisotopic (exact) mass is 428 g/mol. The van der Waals surface area contributed by atoms with Crippen molar-refractivity contribution in [2.45, 2.75) is 19.4 Å². The minimum atomic E-state index is 0.0431. The van der Waals surface area contributed by atoms with E-state index < -0.39 is 0 Å². The van der Waals surface area contributed by atoms with Crippen LogP contribution < -0.4 is 26.6 Å². The van der Waals surface area contributed by atoms with Crippen LogP contribution in [0.25, 0.3) is 0 Å². The lowest BCUT2D eigenvalue weighted by Gasteiger charge is -2.20. The van der Waals surface area contributed by atoms with Gasteiger partial charge < -0.3 is 30.8 Å². The second kappa shape index (κ2) is 11.9. The Labute approximate surface area is 181 Å².